The Bertz CT molecular complexity index is 203. The number of halogens is 1. The fraction of sp³-hybridized carbons (Fsp3) is 0.286. The Balaban J connectivity index is 0.000000810. The lowest BCUT2D eigenvalue weighted by molar-refractivity contribution is -0.645. The van der Waals surface area contributed by atoms with Crippen molar-refractivity contribution in [2.75, 3.05) is 5.84 Å². The molecule has 0 saturated heterocycles. The SMILES string of the molecule is Cc1ccc[n+](N)c1C.[I-]. The molecule has 0 radical (unpaired) electrons. The van der Waals surface area contributed by atoms with E-state index in [2.05, 4.69) is 0 Å². The van der Waals surface area contributed by atoms with Gasteiger partial charge in [-0.2, -0.15) is 0 Å². The molecule has 0 aliphatic rings. The monoisotopic (exact) mass is 250 g/mol. The summed E-state index contributed by atoms with van der Waals surface area (Å²) in [5.74, 6) is 5.54. The van der Waals surface area contributed by atoms with Crippen molar-refractivity contribution < 1.29 is 28.7 Å². The fourth-order valence-corrected chi connectivity index (χ4v) is 0.716. The summed E-state index contributed by atoms with van der Waals surface area (Å²) in [5.41, 5.74) is 2.33. The molecule has 0 fully saturated rings. The number of nitrogen functional groups attached to an aromatic ring is 1. The summed E-state index contributed by atoms with van der Waals surface area (Å²) in [7, 11) is 0. The highest BCUT2D eigenvalue weighted by Gasteiger charge is 2.01. The Morgan fingerprint density at radius 3 is 2.40 bits per heavy atom. The molecule has 1 aromatic rings. The Morgan fingerprint density at radius 1 is 1.40 bits per heavy atom. The number of aromatic nitrogens is 1. The number of rotatable bonds is 0. The van der Waals surface area contributed by atoms with Gasteiger partial charge in [0.05, 0.1) is 0 Å². The van der Waals surface area contributed by atoms with Crippen LogP contribution in [0.5, 0.6) is 0 Å². The zero-order valence-electron chi connectivity index (χ0n) is 6.13. The van der Waals surface area contributed by atoms with Gasteiger partial charge in [-0.1, -0.05) is 4.68 Å². The van der Waals surface area contributed by atoms with E-state index in [9.17, 15) is 0 Å². The van der Waals surface area contributed by atoms with Crippen molar-refractivity contribution >= 4 is 0 Å². The summed E-state index contributed by atoms with van der Waals surface area (Å²) in [6, 6.07) is 3.97. The van der Waals surface area contributed by atoms with Crippen molar-refractivity contribution in [1.82, 2.24) is 0 Å². The average molecular weight is 250 g/mol. The first-order valence-electron chi connectivity index (χ1n) is 2.95. The summed E-state index contributed by atoms with van der Waals surface area (Å²) in [4.78, 5) is 0. The predicted octanol–water partition coefficient (Wildman–Crippen LogP) is -2.69. The third-order valence-corrected chi connectivity index (χ3v) is 1.55. The van der Waals surface area contributed by atoms with Gasteiger partial charge in [0.2, 0.25) is 5.69 Å². The van der Waals surface area contributed by atoms with Crippen molar-refractivity contribution in [3.05, 3.63) is 29.6 Å². The van der Waals surface area contributed by atoms with Crippen LogP contribution in [-0.2, 0) is 0 Å². The van der Waals surface area contributed by atoms with Gasteiger partial charge in [-0.15, -0.1) is 0 Å². The normalized spacial score (nSPS) is 8.60. The highest BCUT2D eigenvalue weighted by atomic mass is 127. The molecule has 0 bridgehead atoms. The quantitative estimate of drug-likeness (QED) is 0.303. The second-order valence-corrected chi connectivity index (χ2v) is 2.18. The molecule has 2 N–H and O–H groups in total. The van der Waals surface area contributed by atoms with Crippen molar-refractivity contribution in [1.29, 1.82) is 0 Å². The summed E-state index contributed by atoms with van der Waals surface area (Å²) >= 11 is 0. The van der Waals surface area contributed by atoms with Gasteiger partial charge in [0, 0.05) is 18.6 Å². The third kappa shape index (κ3) is 1.83. The molecule has 0 amide bonds. The van der Waals surface area contributed by atoms with E-state index in [1.807, 2.05) is 32.2 Å². The maximum absolute atomic E-state index is 5.54. The van der Waals surface area contributed by atoms with E-state index in [1.54, 1.807) is 4.68 Å². The largest absolute Gasteiger partial charge is 1.00 e. The first kappa shape index (κ1) is 9.68. The molecule has 10 heavy (non-hydrogen) atoms. The number of aryl methyl sites for hydroxylation is 1. The Hall–Kier alpha value is -0.320. The molecule has 1 rings (SSSR count). The summed E-state index contributed by atoms with van der Waals surface area (Å²) in [6.45, 7) is 4.04. The molecule has 1 heterocycles. The Morgan fingerprint density at radius 2 is 2.00 bits per heavy atom. The van der Waals surface area contributed by atoms with E-state index in [1.165, 1.54) is 5.56 Å². The van der Waals surface area contributed by atoms with Crippen LogP contribution >= 0.6 is 0 Å². The van der Waals surface area contributed by atoms with Crippen LogP contribution in [0, 0.1) is 13.8 Å². The second kappa shape index (κ2) is 3.75. The summed E-state index contributed by atoms with van der Waals surface area (Å²) < 4.78 is 1.62. The van der Waals surface area contributed by atoms with Gasteiger partial charge in [-0.05, 0) is 13.0 Å². The minimum atomic E-state index is 0. The van der Waals surface area contributed by atoms with Gasteiger partial charge in [0.1, 0.15) is 0 Å². The third-order valence-electron chi connectivity index (χ3n) is 1.55. The van der Waals surface area contributed by atoms with Gasteiger partial charge in [0.25, 0.3) is 0 Å². The fourth-order valence-electron chi connectivity index (χ4n) is 0.716. The van der Waals surface area contributed by atoms with Gasteiger partial charge < -0.3 is 24.0 Å². The first-order valence-corrected chi connectivity index (χ1v) is 2.95. The lowest BCUT2D eigenvalue weighted by Crippen LogP contribution is -3.00. The van der Waals surface area contributed by atoms with Crippen LogP contribution in [0.25, 0.3) is 0 Å². The van der Waals surface area contributed by atoms with E-state index >= 15 is 0 Å². The first-order chi connectivity index (χ1) is 4.22. The highest BCUT2D eigenvalue weighted by Crippen LogP contribution is 1.95. The van der Waals surface area contributed by atoms with E-state index in [0.717, 1.165) is 5.69 Å². The van der Waals surface area contributed by atoms with Crippen molar-refractivity contribution in [2.45, 2.75) is 13.8 Å². The lowest BCUT2D eigenvalue weighted by atomic mass is 10.2. The van der Waals surface area contributed by atoms with Crippen molar-refractivity contribution in [3.63, 3.8) is 0 Å². The molecular formula is C7H11IN2. The number of nitrogens with zero attached hydrogens (tertiary/aromatic N) is 1. The maximum atomic E-state index is 5.54. The summed E-state index contributed by atoms with van der Waals surface area (Å²) in [6.07, 6.45) is 1.84. The van der Waals surface area contributed by atoms with Crippen LogP contribution < -0.4 is 34.5 Å². The lowest BCUT2D eigenvalue weighted by Gasteiger charge is -1.92. The topological polar surface area (TPSA) is 29.9 Å². The zero-order chi connectivity index (χ0) is 6.85. The van der Waals surface area contributed by atoms with E-state index in [-0.39, 0.29) is 24.0 Å². The van der Waals surface area contributed by atoms with Gasteiger partial charge in [-0.25, -0.2) is 5.84 Å². The molecule has 0 unspecified atom stereocenters. The van der Waals surface area contributed by atoms with Gasteiger partial charge in [0.15, 0.2) is 6.20 Å². The summed E-state index contributed by atoms with van der Waals surface area (Å²) in [5, 5.41) is 0. The van der Waals surface area contributed by atoms with Crippen LogP contribution in [0.3, 0.4) is 0 Å². The second-order valence-electron chi connectivity index (χ2n) is 2.18. The van der Waals surface area contributed by atoms with E-state index < -0.39 is 0 Å². The van der Waals surface area contributed by atoms with Crippen LogP contribution in [0.2, 0.25) is 0 Å². The van der Waals surface area contributed by atoms with Crippen LogP contribution in [0.15, 0.2) is 18.3 Å². The minimum Gasteiger partial charge on any atom is -1.00 e. The predicted molar refractivity (Wildman–Crippen MR) is 36.3 cm³/mol. The molecule has 0 spiro atoms. The van der Waals surface area contributed by atoms with Crippen LogP contribution in [0.1, 0.15) is 11.3 Å². The maximum Gasteiger partial charge on any atom is 0.211 e. The molecule has 56 valence electrons. The number of nitrogens with two attached hydrogens (primary N) is 1. The van der Waals surface area contributed by atoms with Gasteiger partial charge in [-0.3, -0.25) is 0 Å². The van der Waals surface area contributed by atoms with E-state index in [0.29, 0.717) is 0 Å². The Kier molecular flexibility index (Phi) is 3.63. The highest BCUT2D eigenvalue weighted by molar-refractivity contribution is 5.10. The molecular weight excluding hydrogens is 239 g/mol. The molecule has 0 aliphatic heterocycles. The Labute approximate surface area is 78.0 Å². The smallest absolute Gasteiger partial charge is 0.211 e. The molecule has 1 aromatic heterocycles. The molecule has 0 atom stereocenters. The average Bonchev–Trinajstić information content (AvgIpc) is 1.83. The van der Waals surface area contributed by atoms with Gasteiger partial charge >= 0.3 is 0 Å². The molecule has 2 nitrogen and oxygen atoms in total. The van der Waals surface area contributed by atoms with Crippen LogP contribution in [-0.4, -0.2) is 0 Å². The van der Waals surface area contributed by atoms with Crippen molar-refractivity contribution in [3.8, 4) is 0 Å². The van der Waals surface area contributed by atoms with Crippen LogP contribution in [0.4, 0.5) is 0 Å². The number of hydrogen-bond acceptors (Lipinski definition) is 1. The molecule has 0 saturated carbocycles. The zero-order valence-corrected chi connectivity index (χ0v) is 8.29. The van der Waals surface area contributed by atoms with Crippen molar-refractivity contribution in [2.24, 2.45) is 0 Å². The standard InChI is InChI=1S/C7H11N2.HI/c1-6-4-3-5-9(8)7(6)2;/h3-5H,8H2,1-2H3;1H/q+1;/p-1. The number of pyridine rings is 1. The van der Waals surface area contributed by atoms with E-state index in [4.69, 9.17) is 5.84 Å². The minimum absolute atomic E-state index is 0. The number of hydrogen-bond donors (Lipinski definition) is 1. The molecule has 0 aliphatic carbocycles. The molecule has 3 heteroatoms. The molecule has 0 aromatic carbocycles.